The van der Waals surface area contributed by atoms with Crippen molar-refractivity contribution in [3.63, 3.8) is 0 Å². The summed E-state index contributed by atoms with van der Waals surface area (Å²) in [5, 5.41) is 118. The molecule has 3 rings (SSSR count). The number of aliphatic hydroxyl groups excluding tert-OH is 11. The van der Waals surface area contributed by atoms with Gasteiger partial charge in [-0.3, -0.25) is 4.79 Å². The van der Waals surface area contributed by atoms with Crippen LogP contribution in [-0.4, -0.2) is 193 Å². The predicted molar refractivity (Wildman–Crippen MR) is 245 cm³/mol. The van der Waals surface area contributed by atoms with Crippen molar-refractivity contribution in [2.24, 2.45) is 0 Å². The number of nitrogens with one attached hydrogen (secondary N) is 1. The number of carbonyl (C=O) groups is 1. The van der Waals surface area contributed by atoms with Crippen molar-refractivity contribution < 1.29 is 89.4 Å². The maximum Gasteiger partial charge on any atom is 0.217 e. The SMILES string of the molecule is CCCCCCCCCCCCCCCCCCC/C=C/CC/C=C/C(O)C(COC1OC(CO)C(OC2OC(CO)C(OC3OC(CO)C(O)C(O)C3O)C(O)C2O)C(O)C1O)NC(C)=O. The van der Waals surface area contributed by atoms with Gasteiger partial charge < -0.3 is 89.9 Å². The lowest BCUT2D eigenvalue weighted by Crippen LogP contribution is -2.66. The molecule has 392 valence electrons. The van der Waals surface area contributed by atoms with Crippen LogP contribution in [0.3, 0.4) is 0 Å². The fraction of sp³-hybridized carbons (Fsp3) is 0.896. The van der Waals surface area contributed by atoms with E-state index in [0.29, 0.717) is 6.42 Å². The van der Waals surface area contributed by atoms with Gasteiger partial charge in [0.05, 0.1) is 38.6 Å². The van der Waals surface area contributed by atoms with E-state index in [-0.39, 0.29) is 6.61 Å². The molecule has 17 unspecified atom stereocenters. The highest BCUT2D eigenvalue weighted by Gasteiger charge is 2.53. The molecule has 1 amide bonds. The zero-order valence-electron chi connectivity index (χ0n) is 39.9. The predicted octanol–water partition coefficient (Wildman–Crippen LogP) is 1.25. The minimum absolute atomic E-state index is 0.382. The first kappa shape index (κ1) is 59.6. The van der Waals surface area contributed by atoms with Crippen molar-refractivity contribution >= 4 is 5.91 Å². The maximum absolute atomic E-state index is 12.0. The average Bonchev–Trinajstić information content (AvgIpc) is 3.31. The van der Waals surface area contributed by atoms with Crippen LogP contribution in [0.5, 0.6) is 0 Å². The van der Waals surface area contributed by atoms with Gasteiger partial charge in [-0.1, -0.05) is 134 Å². The average molecular weight is 966 g/mol. The fourth-order valence-electron chi connectivity index (χ4n) is 8.65. The second-order valence-corrected chi connectivity index (χ2v) is 18.4. The van der Waals surface area contributed by atoms with Gasteiger partial charge in [-0.15, -0.1) is 0 Å². The standard InChI is InChI=1S/C48H87NO18/c1-3-4-5-6-7-8-9-10-11-12-13-14-15-16-17-18-19-20-21-22-23-24-25-26-33(54)32(49-31(2)53)30-62-46-42(60)39(57)44(35(28-51)64-46)67-48-43(61)40(58)45(36(29-52)65-48)66-47-41(59)38(56)37(55)34(27-50)63-47/h21-22,25-26,32-48,50-52,54-61H,3-20,23-24,27-30H2,1-2H3,(H,49,53)/b22-21+,26-25+. The molecule has 3 heterocycles. The van der Waals surface area contributed by atoms with Crippen molar-refractivity contribution in [1.82, 2.24) is 5.32 Å². The minimum atomic E-state index is -1.97. The third-order valence-corrected chi connectivity index (χ3v) is 12.8. The van der Waals surface area contributed by atoms with E-state index >= 15 is 0 Å². The molecule has 0 aromatic carbocycles. The smallest absolute Gasteiger partial charge is 0.217 e. The molecule has 0 aromatic rings. The van der Waals surface area contributed by atoms with Gasteiger partial charge in [0.1, 0.15) is 73.2 Å². The lowest BCUT2D eigenvalue weighted by Gasteiger charge is -2.48. The fourth-order valence-corrected chi connectivity index (χ4v) is 8.65. The first-order chi connectivity index (χ1) is 32.3. The number of allylic oxidation sites excluding steroid dienone is 3. The van der Waals surface area contributed by atoms with Crippen molar-refractivity contribution in [3.05, 3.63) is 24.3 Å². The van der Waals surface area contributed by atoms with Gasteiger partial charge in [-0.2, -0.15) is 0 Å². The zero-order valence-corrected chi connectivity index (χ0v) is 39.9. The van der Waals surface area contributed by atoms with Crippen molar-refractivity contribution in [2.45, 2.75) is 247 Å². The van der Waals surface area contributed by atoms with Crippen LogP contribution in [-0.2, 0) is 33.2 Å². The molecule has 3 aliphatic heterocycles. The Bertz CT molecular complexity index is 1340. The lowest BCUT2D eigenvalue weighted by molar-refractivity contribution is -0.379. The van der Waals surface area contributed by atoms with Crippen LogP contribution in [0, 0.1) is 0 Å². The summed E-state index contributed by atoms with van der Waals surface area (Å²) < 4.78 is 33.6. The summed E-state index contributed by atoms with van der Waals surface area (Å²) in [6.45, 7) is 0.716. The molecule has 3 fully saturated rings. The topological polar surface area (TPSA) is 307 Å². The minimum Gasteiger partial charge on any atom is -0.394 e. The molecule has 3 saturated heterocycles. The van der Waals surface area contributed by atoms with Gasteiger partial charge in [0.25, 0.3) is 0 Å². The van der Waals surface area contributed by atoms with Gasteiger partial charge in [0.15, 0.2) is 18.9 Å². The molecule has 3 aliphatic rings. The van der Waals surface area contributed by atoms with Crippen molar-refractivity contribution in [1.29, 1.82) is 0 Å². The van der Waals surface area contributed by atoms with E-state index in [4.69, 9.17) is 28.4 Å². The number of hydrogen-bond donors (Lipinski definition) is 12. The summed E-state index contributed by atoms with van der Waals surface area (Å²) in [4.78, 5) is 12.0. The van der Waals surface area contributed by atoms with Crippen LogP contribution < -0.4 is 5.32 Å². The van der Waals surface area contributed by atoms with Crippen LogP contribution in [0.25, 0.3) is 0 Å². The monoisotopic (exact) mass is 966 g/mol. The first-order valence-electron chi connectivity index (χ1n) is 25.0. The lowest BCUT2D eigenvalue weighted by atomic mass is 9.96. The number of unbranched alkanes of at least 4 members (excludes halogenated alkanes) is 18. The van der Waals surface area contributed by atoms with E-state index in [2.05, 4.69) is 24.4 Å². The Balaban J connectivity index is 1.36. The first-order valence-corrected chi connectivity index (χ1v) is 25.0. The summed E-state index contributed by atoms with van der Waals surface area (Å²) in [7, 11) is 0. The summed E-state index contributed by atoms with van der Waals surface area (Å²) in [5.74, 6) is -0.463. The Morgan fingerprint density at radius 1 is 0.522 bits per heavy atom. The number of aliphatic hydroxyl groups is 11. The largest absolute Gasteiger partial charge is 0.394 e. The van der Waals surface area contributed by atoms with E-state index in [1.807, 2.05) is 0 Å². The molecule has 17 atom stereocenters. The molecule has 0 aromatic heterocycles. The van der Waals surface area contributed by atoms with Crippen molar-refractivity contribution in [3.8, 4) is 0 Å². The maximum atomic E-state index is 12.0. The molecule has 0 aliphatic carbocycles. The van der Waals surface area contributed by atoms with E-state index in [1.54, 1.807) is 6.08 Å². The van der Waals surface area contributed by atoms with E-state index in [1.165, 1.54) is 116 Å². The second kappa shape index (κ2) is 33.8. The highest BCUT2D eigenvalue weighted by molar-refractivity contribution is 5.73. The summed E-state index contributed by atoms with van der Waals surface area (Å²) in [5.41, 5.74) is 0. The summed E-state index contributed by atoms with van der Waals surface area (Å²) in [6.07, 6.45) is 6.10. The number of carbonyl (C=O) groups excluding carboxylic acids is 1. The van der Waals surface area contributed by atoms with Crippen LogP contribution in [0.15, 0.2) is 24.3 Å². The van der Waals surface area contributed by atoms with Crippen LogP contribution in [0.2, 0.25) is 0 Å². The Morgan fingerprint density at radius 3 is 1.40 bits per heavy atom. The number of rotatable bonds is 34. The molecule has 0 saturated carbocycles. The molecule has 12 N–H and O–H groups in total. The molecule has 19 heteroatoms. The number of ether oxygens (including phenoxy) is 6. The van der Waals surface area contributed by atoms with Gasteiger partial charge in [0.2, 0.25) is 5.91 Å². The molecule has 0 bridgehead atoms. The Morgan fingerprint density at radius 2 is 0.925 bits per heavy atom. The quantitative estimate of drug-likeness (QED) is 0.0319. The molecular weight excluding hydrogens is 879 g/mol. The summed E-state index contributed by atoms with van der Waals surface area (Å²) >= 11 is 0. The third kappa shape index (κ3) is 20.5. The van der Waals surface area contributed by atoms with Crippen LogP contribution in [0.1, 0.15) is 142 Å². The van der Waals surface area contributed by atoms with Crippen molar-refractivity contribution in [2.75, 3.05) is 26.4 Å². The Labute approximate surface area is 397 Å². The van der Waals surface area contributed by atoms with Crippen LogP contribution in [0.4, 0.5) is 0 Å². The van der Waals surface area contributed by atoms with Crippen LogP contribution >= 0.6 is 0 Å². The zero-order chi connectivity index (χ0) is 49.1. The third-order valence-electron chi connectivity index (χ3n) is 12.8. The normalized spacial score (nSPS) is 33.7. The highest BCUT2D eigenvalue weighted by atomic mass is 16.8. The van der Waals surface area contributed by atoms with E-state index in [0.717, 1.165) is 19.3 Å². The van der Waals surface area contributed by atoms with Gasteiger partial charge in [-0.25, -0.2) is 0 Å². The molecular formula is C48H87NO18. The molecule has 19 nitrogen and oxygen atoms in total. The van der Waals surface area contributed by atoms with Gasteiger partial charge in [-0.05, 0) is 25.7 Å². The number of amides is 1. The molecule has 67 heavy (non-hydrogen) atoms. The number of hydrogen-bond acceptors (Lipinski definition) is 18. The van der Waals surface area contributed by atoms with E-state index in [9.17, 15) is 61.0 Å². The molecule has 0 spiro atoms. The second-order valence-electron chi connectivity index (χ2n) is 18.4. The Kier molecular flexibility index (Phi) is 30.0. The van der Waals surface area contributed by atoms with E-state index < -0.39 is 130 Å². The van der Waals surface area contributed by atoms with Gasteiger partial charge >= 0.3 is 0 Å². The Hall–Kier alpha value is -1.73. The van der Waals surface area contributed by atoms with Gasteiger partial charge in [0, 0.05) is 6.92 Å². The highest BCUT2D eigenvalue weighted by Crippen LogP contribution is 2.33. The summed E-state index contributed by atoms with van der Waals surface area (Å²) in [6, 6.07) is -0.987. The molecule has 0 radical (unpaired) electrons.